The fourth-order valence-electron chi connectivity index (χ4n) is 3.71. The van der Waals surface area contributed by atoms with E-state index in [0.29, 0.717) is 30.8 Å². The monoisotopic (exact) mass is 568 g/mol. The first-order chi connectivity index (χ1) is 15.7. The van der Waals surface area contributed by atoms with Crippen LogP contribution in [0.5, 0.6) is 0 Å². The van der Waals surface area contributed by atoms with Gasteiger partial charge in [-0.25, -0.2) is 0 Å². The Kier molecular flexibility index (Phi) is 10.1. The molecule has 3 aromatic rings. The van der Waals surface area contributed by atoms with E-state index in [9.17, 15) is 0 Å². The van der Waals surface area contributed by atoms with Crippen LogP contribution in [0.15, 0.2) is 30.6 Å². The minimum atomic E-state index is 0.396. The van der Waals surface area contributed by atoms with Gasteiger partial charge in [0, 0.05) is 13.1 Å². The summed E-state index contributed by atoms with van der Waals surface area (Å²) in [5, 5.41) is 8.14. The van der Waals surface area contributed by atoms with Crippen LogP contribution in [-0.4, -0.2) is 66.4 Å². The molecule has 0 aliphatic carbocycles. The first kappa shape index (κ1) is 24.8. The van der Waals surface area contributed by atoms with Gasteiger partial charge in [0.05, 0.1) is 0 Å². The van der Waals surface area contributed by atoms with Gasteiger partial charge in [-0.3, -0.25) is 0 Å². The van der Waals surface area contributed by atoms with E-state index in [1.54, 1.807) is 6.33 Å². The van der Waals surface area contributed by atoms with E-state index in [2.05, 4.69) is 89.7 Å². The van der Waals surface area contributed by atoms with Crippen molar-refractivity contribution < 1.29 is 0 Å². The Morgan fingerprint density at radius 3 is 2.47 bits per heavy atom. The molecule has 0 saturated carbocycles. The van der Waals surface area contributed by atoms with Crippen LogP contribution in [0.25, 0.3) is 11.2 Å². The summed E-state index contributed by atoms with van der Waals surface area (Å²) in [5.41, 5.74) is 3.75. The molecule has 7 nitrogen and oxygen atoms in total. The van der Waals surface area contributed by atoms with Crippen LogP contribution in [-0.2, 0) is 0 Å². The molecule has 0 aliphatic rings. The van der Waals surface area contributed by atoms with Gasteiger partial charge in [0.2, 0.25) is 0 Å². The third-order valence-corrected chi connectivity index (χ3v) is 7.89. The maximum atomic E-state index is 4.80. The first-order valence-corrected chi connectivity index (χ1v) is 17.1. The van der Waals surface area contributed by atoms with Crippen LogP contribution >= 0.6 is 0 Å². The number of hydrogen-bond acceptors (Lipinski definition) is 6. The van der Waals surface area contributed by atoms with Crippen molar-refractivity contribution in [3.05, 3.63) is 30.6 Å². The van der Waals surface area contributed by atoms with E-state index < -0.39 is 0 Å². The second kappa shape index (κ2) is 13.0. The van der Waals surface area contributed by atoms with Crippen molar-refractivity contribution in [3.63, 3.8) is 0 Å². The van der Waals surface area contributed by atoms with Gasteiger partial charge >= 0.3 is 165 Å². The van der Waals surface area contributed by atoms with Crippen LogP contribution in [0.3, 0.4) is 0 Å². The van der Waals surface area contributed by atoms with E-state index in [4.69, 9.17) is 4.98 Å². The Bertz CT molecular complexity index is 939. The van der Waals surface area contributed by atoms with Crippen molar-refractivity contribution in [1.29, 1.82) is 0 Å². The van der Waals surface area contributed by atoms with E-state index in [0.717, 1.165) is 54.7 Å². The molecule has 1 radical (unpaired) electrons. The Hall–Kier alpha value is -1.79. The molecule has 0 aliphatic heterocycles. The van der Waals surface area contributed by atoms with Crippen molar-refractivity contribution in [3.8, 4) is 0 Å². The number of aromatic nitrogens is 4. The number of fused-ring (bicyclic) bond motifs is 1. The number of rotatable bonds is 14. The molecule has 0 spiro atoms. The van der Waals surface area contributed by atoms with Gasteiger partial charge in [-0.1, -0.05) is 13.8 Å². The number of imidazole rings is 1. The Labute approximate surface area is 204 Å². The predicted octanol–water partition coefficient (Wildman–Crippen LogP) is 4.90. The molecule has 1 unspecified atom stereocenters. The van der Waals surface area contributed by atoms with Crippen LogP contribution in [0, 0.1) is 0 Å². The third-order valence-electron chi connectivity index (χ3n) is 5.28. The zero-order valence-corrected chi connectivity index (χ0v) is 22.7. The molecule has 0 amide bonds. The molecule has 9 heteroatoms. The minimum absolute atomic E-state index is 0.396. The standard InChI is InChI=1S/C23H34N7Se2/c1-4-7-8-18(15-32-31)26-22-20-21(25-16-24-20)28-23(29-22)27-17-9-11-19(12-10-17)30(13-5-2)14-6-3/h9-12,16,18H,4-8,13-15H2,1-3H3,(H3,24,25,26,27,28,29). The summed E-state index contributed by atoms with van der Waals surface area (Å²) < 4.78 is 0. The summed E-state index contributed by atoms with van der Waals surface area (Å²) in [6.07, 6.45) is 7.50. The number of nitrogens with one attached hydrogen (secondary N) is 3. The van der Waals surface area contributed by atoms with Crippen molar-refractivity contribution in [2.45, 2.75) is 64.2 Å². The molecule has 173 valence electrons. The van der Waals surface area contributed by atoms with Crippen molar-refractivity contribution in [1.82, 2.24) is 19.9 Å². The van der Waals surface area contributed by atoms with Gasteiger partial charge in [0.15, 0.2) is 0 Å². The zero-order chi connectivity index (χ0) is 22.8. The fourth-order valence-corrected chi connectivity index (χ4v) is 6.37. The van der Waals surface area contributed by atoms with Crippen LogP contribution in [0.1, 0.15) is 52.9 Å². The molecular formula is C23H34N7Se2. The molecule has 2 heterocycles. The van der Waals surface area contributed by atoms with E-state index in [1.807, 2.05) is 0 Å². The average molecular weight is 566 g/mol. The Balaban J connectivity index is 1.79. The molecular weight excluding hydrogens is 532 g/mol. The van der Waals surface area contributed by atoms with E-state index in [1.165, 1.54) is 18.5 Å². The van der Waals surface area contributed by atoms with Crippen molar-refractivity contribution in [2.75, 3.05) is 28.6 Å². The first-order valence-electron chi connectivity index (χ1n) is 11.5. The summed E-state index contributed by atoms with van der Waals surface area (Å²) >= 11 is 3.68. The summed E-state index contributed by atoms with van der Waals surface area (Å²) in [5.74, 6) is 1.37. The molecule has 2 aromatic heterocycles. The summed E-state index contributed by atoms with van der Waals surface area (Å²) in [6, 6.07) is 8.92. The average Bonchev–Trinajstić information content (AvgIpc) is 3.27. The van der Waals surface area contributed by atoms with Gasteiger partial charge in [0.1, 0.15) is 0 Å². The third kappa shape index (κ3) is 6.85. The molecule has 3 N–H and O–H groups in total. The van der Waals surface area contributed by atoms with Crippen molar-refractivity contribution >= 4 is 61.6 Å². The Morgan fingerprint density at radius 1 is 1.06 bits per heavy atom. The second-order valence-corrected chi connectivity index (χ2v) is 11.7. The SMILES string of the molecule is CCCCC(C[Se][Se])Nc1nc(Nc2ccc(N(CCC)CCC)cc2)nc2nc[nH]c12. The zero-order valence-electron chi connectivity index (χ0n) is 19.2. The molecule has 0 fully saturated rings. The molecule has 0 bridgehead atoms. The van der Waals surface area contributed by atoms with Crippen LogP contribution < -0.4 is 15.5 Å². The topological polar surface area (TPSA) is 81.8 Å². The fraction of sp³-hybridized carbons (Fsp3) is 0.522. The number of H-pyrrole nitrogens is 1. The van der Waals surface area contributed by atoms with Crippen molar-refractivity contribution in [2.24, 2.45) is 0 Å². The predicted molar refractivity (Wildman–Crippen MR) is 137 cm³/mol. The van der Waals surface area contributed by atoms with Gasteiger partial charge in [0.25, 0.3) is 0 Å². The van der Waals surface area contributed by atoms with Gasteiger partial charge in [-0.2, -0.15) is 0 Å². The van der Waals surface area contributed by atoms with Gasteiger partial charge in [-0.05, 0) is 12.8 Å². The molecule has 1 aromatic carbocycles. The van der Waals surface area contributed by atoms with E-state index >= 15 is 0 Å². The number of unbranched alkanes of at least 4 members (excludes halogenated alkanes) is 1. The summed E-state index contributed by atoms with van der Waals surface area (Å²) in [4.78, 5) is 19.4. The quantitative estimate of drug-likeness (QED) is 0.241. The van der Waals surface area contributed by atoms with Gasteiger partial charge in [-0.15, -0.1) is 0 Å². The molecule has 1 atom stereocenters. The molecule has 0 saturated heterocycles. The van der Waals surface area contributed by atoms with Gasteiger partial charge < -0.3 is 0 Å². The second-order valence-electron chi connectivity index (χ2n) is 7.92. The number of hydrogen-bond donors (Lipinski definition) is 3. The number of nitrogens with zero attached hydrogens (tertiary/aromatic N) is 4. The maximum absolute atomic E-state index is 4.80. The summed E-state index contributed by atoms with van der Waals surface area (Å²) in [7, 11) is 0. The molecule has 32 heavy (non-hydrogen) atoms. The van der Waals surface area contributed by atoms with E-state index in [-0.39, 0.29) is 0 Å². The van der Waals surface area contributed by atoms with Crippen LogP contribution in [0.4, 0.5) is 23.1 Å². The number of aromatic amines is 1. The summed E-state index contributed by atoms with van der Waals surface area (Å²) in [6.45, 7) is 8.82. The van der Waals surface area contributed by atoms with Crippen LogP contribution in [0.2, 0.25) is 5.32 Å². The Morgan fingerprint density at radius 2 is 1.81 bits per heavy atom. The normalized spacial score (nSPS) is 12.1. The molecule has 3 rings (SSSR count). The number of anilines is 4. The number of benzene rings is 1.